The van der Waals surface area contributed by atoms with E-state index in [0.29, 0.717) is 64.0 Å². The zero-order valence-corrected chi connectivity index (χ0v) is 63.3. The number of halogens is 4. The van der Waals surface area contributed by atoms with E-state index >= 15 is 38.0 Å². The van der Waals surface area contributed by atoms with Gasteiger partial charge in [-0.3, -0.25) is 57.5 Å². The van der Waals surface area contributed by atoms with E-state index in [1.807, 2.05) is 27.7 Å². The van der Waals surface area contributed by atoms with Crippen molar-refractivity contribution in [1.82, 2.24) is 60.0 Å². The van der Waals surface area contributed by atoms with Crippen molar-refractivity contribution in [3.8, 4) is 0 Å². The molecule has 4 heterocycles. The number of carbonyl (C=O) groups is 12. The number of nitrogens with one attached hydrogen (secondary N) is 3. The number of likely N-dealkylation sites (tertiary alicyclic amines) is 1. The molecule has 3 saturated carbocycles. The lowest BCUT2D eigenvalue weighted by atomic mass is 9.78. The summed E-state index contributed by atoms with van der Waals surface area (Å²) in [6, 6.07) is -11.0. The van der Waals surface area contributed by atoms with Gasteiger partial charge < -0.3 is 60.0 Å². The number of alkyl halides is 4. The highest BCUT2D eigenvalue weighted by Crippen LogP contribution is 2.43. The van der Waals surface area contributed by atoms with Crippen LogP contribution in [-0.4, -0.2) is 262 Å². The van der Waals surface area contributed by atoms with E-state index in [2.05, 4.69) is 22.9 Å². The maximum Gasteiger partial charge on any atom is 0.394 e. The monoisotopic (exact) mass is 1440 g/mol. The quantitative estimate of drug-likeness (QED) is 0.178. The first kappa shape index (κ1) is 82.6. The van der Waals surface area contributed by atoms with Crippen LogP contribution in [0.25, 0.3) is 0 Å². The van der Waals surface area contributed by atoms with Crippen LogP contribution in [0.3, 0.4) is 0 Å². The first-order valence-corrected chi connectivity index (χ1v) is 38.1. The number of piperidine rings is 1. The van der Waals surface area contributed by atoms with Crippen molar-refractivity contribution in [2.45, 2.75) is 282 Å². The van der Waals surface area contributed by atoms with Crippen LogP contribution in [0, 0.1) is 41.4 Å². The molecule has 7 fully saturated rings. The van der Waals surface area contributed by atoms with Crippen LogP contribution in [0.1, 0.15) is 209 Å². The highest BCUT2D eigenvalue weighted by Gasteiger charge is 2.53. The molecule has 102 heavy (non-hydrogen) atoms. The van der Waals surface area contributed by atoms with E-state index in [1.54, 1.807) is 18.7 Å². The van der Waals surface area contributed by atoms with Crippen molar-refractivity contribution >= 4 is 70.9 Å². The van der Waals surface area contributed by atoms with Gasteiger partial charge in [0.2, 0.25) is 70.9 Å². The summed E-state index contributed by atoms with van der Waals surface area (Å²) in [5.74, 6) is -11.2. The third-order valence-electron chi connectivity index (χ3n) is 24.2. The highest BCUT2D eigenvalue weighted by atomic mass is 19.4. The van der Waals surface area contributed by atoms with E-state index in [9.17, 15) is 37.1 Å². The molecule has 24 nitrogen and oxygen atoms in total. The predicted octanol–water partition coefficient (Wildman–Crippen LogP) is 6.46. The second kappa shape index (κ2) is 35.9. The predicted molar refractivity (Wildman–Crippen MR) is 374 cm³/mol. The molecule has 3 N–H and O–H groups in total. The molecule has 4 aliphatic heterocycles. The van der Waals surface area contributed by atoms with Crippen molar-refractivity contribution in [1.29, 1.82) is 0 Å². The minimum absolute atomic E-state index is 0.000939. The average Bonchev–Trinajstić information content (AvgIpc) is 1.39. The molecule has 7 aliphatic rings. The zero-order chi connectivity index (χ0) is 75.6. The summed E-state index contributed by atoms with van der Waals surface area (Å²) < 4.78 is 57.0. The Hall–Kier alpha value is -6.64. The lowest BCUT2D eigenvalue weighted by molar-refractivity contribution is -0.201. The number of nitrogens with zero attached hydrogens (tertiary/aromatic N) is 9. The van der Waals surface area contributed by atoms with Crippen LogP contribution < -0.4 is 16.0 Å². The van der Waals surface area contributed by atoms with Gasteiger partial charge in [-0.05, 0) is 139 Å². The van der Waals surface area contributed by atoms with Crippen molar-refractivity contribution in [2.75, 3.05) is 75.0 Å². The Morgan fingerprint density at radius 2 is 1.20 bits per heavy atom. The molecule has 4 saturated heterocycles. The summed E-state index contributed by atoms with van der Waals surface area (Å²) in [5.41, 5.74) is -1.59. The van der Waals surface area contributed by atoms with Gasteiger partial charge in [-0.2, -0.15) is 13.2 Å². The molecule has 0 aromatic carbocycles. The summed E-state index contributed by atoms with van der Waals surface area (Å²) in [7, 11) is 8.64. The molecule has 0 radical (unpaired) electrons. The Kier molecular flexibility index (Phi) is 29.1. The van der Waals surface area contributed by atoms with Gasteiger partial charge in [0.05, 0.1) is 18.9 Å². The Morgan fingerprint density at radius 1 is 0.578 bits per heavy atom. The highest BCUT2D eigenvalue weighted by molar-refractivity contribution is 6.01. The largest absolute Gasteiger partial charge is 0.394 e. The minimum Gasteiger partial charge on any atom is -0.343 e. The number of likely N-dealkylation sites (N-methyl/N-ethyl adjacent to an activating group) is 6. The van der Waals surface area contributed by atoms with Crippen molar-refractivity contribution in [2.24, 2.45) is 41.4 Å². The van der Waals surface area contributed by atoms with Gasteiger partial charge >= 0.3 is 6.18 Å². The Balaban J connectivity index is 1.28. The van der Waals surface area contributed by atoms with E-state index in [4.69, 9.17) is 0 Å². The maximum atomic E-state index is 15.6. The molecule has 7 rings (SSSR count). The molecule has 28 heteroatoms. The van der Waals surface area contributed by atoms with Crippen LogP contribution in [0.5, 0.6) is 0 Å². The normalized spacial score (nSPS) is 32.1. The molecular weight excluding hydrogens is 1320 g/mol. The van der Waals surface area contributed by atoms with Gasteiger partial charge in [-0.15, -0.1) is 0 Å². The number of amides is 12. The van der Waals surface area contributed by atoms with E-state index in [0.717, 1.165) is 37.0 Å². The van der Waals surface area contributed by atoms with Crippen molar-refractivity contribution in [3.05, 3.63) is 0 Å². The summed E-state index contributed by atoms with van der Waals surface area (Å²) in [5, 5.41) is 8.78. The fourth-order valence-electron chi connectivity index (χ4n) is 16.7. The molecule has 3 unspecified atom stereocenters. The summed E-state index contributed by atoms with van der Waals surface area (Å²) in [6.07, 6.45) is 0.0806. The number of hydrogen-bond acceptors (Lipinski definition) is 12. The Morgan fingerprint density at radius 3 is 1.77 bits per heavy atom. The van der Waals surface area contributed by atoms with Crippen LogP contribution in [0.2, 0.25) is 0 Å². The molecule has 0 aromatic heterocycles. The fourth-order valence-corrected chi connectivity index (χ4v) is 16.7. The van der Waals surface area contributed by atoms with Crippen LogP contribution >= 0.6 is 0 Å². The van der Waals surface area contributed by atoms with Gasteiger partial charge in [0.15, 0.2) is 0 Å². The van der Waals surface area contributed by atoms with Gasteiger partial charge in [-0.1, -0.05) is 99.8 Å². The fraction of sp³-hybridized carbons (Fsp3) is 0.838. The standard InChI is InChI=1S/C74H120F4N12O12/c1-15-46(6)61-70(100)83(10)48(8)65(95)90-38-32-55(90)68(98)85(12)57(41-50-26-24-45(5)25-27-50)67(97)82(9)43-59(91)79-53(31-29-49-28-30-51(52(75)40-49)74(76,77)78)66(96)89-37-22-23-54(89)64(94)81-73(33-18-19-34-73)72(102)87(14)62(47(7)16-2)71(101)86(13)58(69(99)88-35-20-17-21-36-88)42-60(92)84(11)56(39-44(3)4)63(93)80-61/h44-58,61-62H,15-43H2,1-14H3,(H,79,91)(H,80,93)(H,81,94)/t45?,46-,47-,48-,49?,50?,51?,52?,53-,54-,55-,56-,57-,58-,61-,62-/m0/s1. The molecule has 0 bridgehead atoms. The number of rotatable bonds is 12. The van der Waals surface area contributed by atoms with Crippen molar-refractivity contribution < 1.29 is 75.1 Å². The summed E-state index contributed by atoms with van der Waals surface area (Å²) in [4.78, 5) is 193. The third kappa shape index (κ3) is 19.4. The molecular formula is C74H120F4N12O12. The SMILES string of the molecule is CC[C@H](C)[C@@H]1NC(=O)[C@H](CC(C)C)N(C)C(=O)C[C@@H](C(=O)N2CCCCC2)N(C)C(=O)[C@H]([C@@H](C)CC)N(C)C(=O)C2(CCCC2)NC(=O)[C@@H]2CCCN2C(=O)[C@H](CCC2CCC(C(F)(F)F)C(F)C2)NC(=O)CN(C)C(=O)[C@H](CC2CCC(C)CC2)N(C)C(=O)[C@@H]2CCN2C(=O)[C@H](C)N(C)C1=O. The average molecular weight is 1450 g/mol. The molecule has 0 aromatic rings. The van der Waals surface area contributed by atoms with Crippen LogP contribution in [0.4, 0.5) is 17.6 Å². The molecule has 576 valence electrons. The Labute approximate surface area is 601 Å². The van der Waals surface area contributed by atoms with Crippen LogP contribution in [0.15, 0.2) is 0 Å². The first-order valence-electron chi connectivity index (χ1n) is 38.1. The van der Waals surface area contributed by atoms with Crippen LogP contribution in [-0.2, 0) is 57.5 Å². The molecule has 14 atom stereocenters. The summed E-state index contributed by atoms with van der Waals surface area (Å²) in [6.45, 7) is 14.9. The van der Waals surface area contributed by atoms with E-state index in [1.165, 1.54) is 83.5 Å². The molecule has 12 amide bonds. The second-order valence-corrected chi connectivity index (χ2v) is 31.8. The van der Waals surface area contributed by atoms with E-state index in [-0.39, 0.29) is 82.7 Å². The maximum absolute atomic E-state index is 15.6. The first-order chi connectivity index (χ1) is 48.0. The summed E-state index contributed by atoms with van der Waals surface area (Å²) >= 11 is 0. The number of carbonyl (C=O) groups excluding carboxylic acids is 12. The molecule has 1 spiro atoms. The Bertz CT molecular complexity index is 2990. The molecule has 3 aliphatic carbocycles. The second-order valence-electron chi connectivity index (χ2n) is 31.8. The lowest BCUT2D eigenvalue weighted by Gasteiger charge is -2.45. The third-order valence-corrected chi connectivity index (χ3v) is 24.2. The lowest BCUT2D eigenvalue weighted by Crippen LogP contribution is -2.65. The minimum atomic E-state index is -4.75. The smallest absolute Gasteiger partial charge is 0.343 e. The van der Waals surface area contributed by atoms with Gasteiger partial charge in [0.1, 0.15) is 66.1 Å². The number of hydrogen-bond donors (Lipinski definition) is 3. The van der Waals surface area contributed by atoms with Crippen molar-refractivity contribution in [3.63, 3.8) is 0 Å². The van der Waals surface area contributed by atoms with Gasteiger partial charge in [0, 0.05) is 68.5 Å². The zero-order valence-electron chi connectivity index (χ0n) is 63.3. The van der Waals surface area contributed by atoms with Gasteiger partial charge in [-0.25, -0.2) is 4.39 Å². The number of fused-ring (bicyclic) bond motifs is 2. The van der Waals surface area contributed by atoms with Gasteiger partial charge in [0.25, 0.3) is 0 Å². The van der Waals surface area contributed by atoms with E-state index < -0.39 is 193 Å². The topological polar surface area (TPSA) is 270 Å².